The van der Waals surface area contributed by atoms with Crippen LogP contribution in [-0.4, -0.2) is 53.0 Å². The number of non-ortho nitro benzene ring substituents is 1. The van der Waals surface area contributed by atoms with Crippen molar-refractivity contribution in [1.29, 1.82) is 0 Å². The second-order valence-electron chi connectivity index (χ2n) is 8.74. The van der Waals surface area contributed by atoms with Crippen molar-refractivity contribution in [3.05, 3.63) is 92.9 Å². The lowest BCUT2D eigenvalue weighted by Crippen LogP contribution is -2.36. The number of aryl methyl sites for hydroxylation is 1. The zero-order valence-electron chi connectivity index (χ0n) is 21.9. The summed E-state index contributed by atoms with van der Waals surface area (Å²) in [4.78, 5) is 61.4. The zero-order chi connectivity index (χ0) is 29.5. The molecule has 0 spiro atoms. The number of nitrogens with zero attached hydrogens (tertiary/aromatic N) is 2. The fourth-order valence-electron chi connectivity index (χ4n) is 3.70. The molecular formula is C28H24N4O8S. The molecule has 1 aliphatic heterocycles. The first-order valence-electron chi connectivity index (χ1n) is 12.1. The highest BCUT2D eigenvalue weighted by Crippen LogP contribution is 2.34. The second-order valence-corrected chi connectivity index (χ2v) is 9.73. The standard InChI is InChI=1S/C28H24N4O8S/c1-17-6-9-19(10-7-17)29-25(33)15-31-27(35)24(41-28(31)36)13-18-8-11-22(23(12-18)39-2)40-16-26(34)30-20-4-3-5-21(14-20)32(37)38/h3-14H,15-16H2,1-2H3,(H,29,33)(H,30,34)/b24-13-. The summed E-state index contributed by atoms with van der Waals surface area (Å²) in [6.07, 6.45) is 1.49. The van der Waals surface area contributed by atoms with Gasteiger partial charge in [0.1, 0.15) is 6.54 Å². The van der Waals surface area contributed by atoms with Crippen molar-refractivity contribution in [1.82, 2.24) is 4.90 Å². The molecule has 3 aromatic carbocycles. The van der Waals surface area contributed by atoms with Gasteiger partial charge in [-0.05, 0) is 60.7 Å². The SMILES string of the molecule is COc1cc(/C=C2\SC(=O)N(CC(=O)Nc3ccc(C)cc3)C2=O)ccc1OCC(=O)Nc1cccc([N+](=O)[O-])c1. The number of amides is 4. The van der Waals surface area contributed by atoms with Gasteiger partial charge in [-0.3, -0.25) is 34.2 Å². The number of nitrogens with one attached hydrogen (secondary N) is 2. The van der Waals surface area contributed by atoms with Gasteiger partial charge in [-0.2, -0.15) is 0 Å². The van der Waals surface area contributed by atoms with Gasteiger partial charge in [0.15, 0.2) is 18.1 Å². The molecule has 0 radical (unpaired) electrons. The Balaban J connectivity index is 1.37. The van der Waals surface area contributed by atoms with E-state index in [1.807, 2.05) is 19.1 Å². The summed E-state index contributed by atoms with van der Waals surface area (Å²) in [6.45, 7) is 1.09. The molecule has 41 heavy (non-hydrogen) atoms. The smallest absolute Gasteiger partial charge is 0.294 e. The number of methoxy groups -OCH3 is 1. The number of thioether (sulfide) groups is 1. The number of hydrogen-bond donors (Lipinski definition) is 2. The number of carbonyl (C=O) groups excluding carboxylic acids is 4. The highest BCUT2D eigenvalue weighted by Gasteiger charge is 2.36. The summed E-state index contributed by atoms with van der Waals surface area (Å²) in [7, 11) is 1.40. The highest BCUT2D eigenvalue weighted by atomic mass is 32.2. The predicted molar refractivity (Wildman–Crippen MR) is 153 cm³/mol. The Bertz CT molecular complexity index is 1550. The molecule has 1 aliphatic rings. The van der Waals surface area contributed by atoms with E-state index in [0.717, 1.165) is 10.5 Å². The first-order valence-corrected chi connectivity index (χ1v) is 12.9. The molecule has 0 unspecified atom stereocenters. The van der Waals surface area contributed by atoms with E-state index >= 15 is 0 Å². The van der Waals surface area contributed by atoms with Gasteiger partial charge in [-0.25, -0.2) is 0 Å². The van der Waals surface area contributed by atoms with Crippen LogP contribution in [0.3, 0.4) is 0 Å². The van der Waals surface area contributed by atoms with Gasteiger partial charge in [0.25, 0.3) is 22.7 Å². The van der Waals surface area contributed by atoms with E-state index in [-0.39, 0.29) is 27.8 Å². The van der Waals surface area contributed by atoms with Crippen LogP contribution in [-0.2, 0) is 14.4 Å². The maximum absolute atomic E-state index is 12.9. The van der Waals surface area contributed by atoms with Gasteiger partial charge in [0.05, 0.1) is 16.9 Å². The number of nitro benzene ring substituents is 1. The Morgan fingerprint density at radius 3 is 2.41 bits per heavy atom. The third-order valence-corrected chi connectivity index (χ3v) is 6.60. The number of imide groups is 1. The molecular weight excluding hydrogens is 552 g/mol. The maximum Gasteiger partial charge on any atom is 0.294 e. The monoisotopic (exact) mass is 576 g/mol. The molecule has 0 aliphatic carbocycles. The lowest BCUT2D eigenvalue weighted by molar-refractivity contribution is -0.384. The minimum Gasteiger partial charge on any atom is -0.493 e. The zero-order valence-corrected chi connectivity index (χ0v) is 22.7. The normalized spacial score (nSPS) is 13.7. The molecule has 13 heteroatoms. The van der Waals surface area contributed by atoms with Gasteiger partial charge in [-0.1, -0.05) is 29.8 Å². The number of hydrogen-bond acceptors (Lipinski definition) is 9. The molecule has 3 aromatic rings. The van der Waals surface area contributed by atoms with Crippen LogP contribution in [0.15, 0.2) is 71.6 Å². The number of carbonyl (C=O) groups is 4. The molecule has 0 bridgehead atoms. The third kappa shape index (κ3) is 7.48. The van der Waals surface area contributed by atoms with Gasteiger partial charge >= 0.3 is 0 Å². The minimum atomic E-state index is -0.601. The number of ether oxygens (including phenoxy) is 2. The van der Waals surface area contributed by atoms with Crippen LogP contribution in [0.2, 0.25) is 0 Å². The van der Waals surface area contributed by atoms with E-state index in [4.69, 9.17) is 9.47 Å². The quantitative estimate of drug-likeness (QED) is 0.200. The second kappa shape index (κ2) is 12.8. The maximum atomic E-state index is 12.9. The summed E-state index contributed by atoms with van der Waals surface area (Å²) in [5, 5.41) is 15.5. The largest absolute Gasteiger partial charge is 0.493 e. The van der Waals surface area contributed by atoms with Crippen molar-refractivity contribution >= 4 is 57.9 Å². The van der Waals surface area contributed by atoms with Crippen LogP contribution in [0.4, 0.5) is 21.9 Å². The van der Waals surface area contributed by atoms with E-state index in [1.165, 1.54) is 43.5 Å². The lowest BCUT2D eigenvalue weighted by atomic mass is 10.2. The van der Waals surface area contributed by atoms with Crippen molar-refractivity contribution < 1.29 is 33.6 Å². The van der Waals surface area contributed by atoms with Gasteiger partial charge in [-0.15, -0.1) is 0 Å². The number of anilines is 2. The van der Waals surface area contributed by atoms with Crippen LogP contribution in [0.25, 0.3) is 6.08 Å². The summed E-state index contributed by atoms with van der Waals surface area (Å²) in [5.41, 5.74) is 2.18. The van der Waals surface area contributed by atoms with E-state index < -0.39 is 41.0 Å². The Morgan fingerprint density at radius 1 is 0.976 bits per heavy atom. The van der Waals surface area contributed by atoms with Crippen LogP contribution in [0, 0.1) is 17.0 Å². The van der Waals surface area contributed by atoms with Gasteiger partial charge in [0, 0.05) is 23.5 Å². The number of benzene rings is 3. The molecule has 2 N–H and O–H groups in total. The molecule has 4 amide bonds. The Morgan fingerprint density at radius 2 is 1.71 bits per heavy atom. The number of rotatable bonds is 10. The summed E-state index contributed by atoms with van der Waals surface area (Å²) in [5.74, 6) is -1.15. The Labute approximate surface area is 238 Å². The van der Waals surface area contributed by atoms with Crippen LogP contribution in [0.5, 0.6) is 11.5 Å². The molecule has 12 nitrogen and oxygen atoms in total. The molecule has 1 heterocycles. The number of nitro groups is 1. The summed E-state index contributed by atoms with van der Waals surface area (Å²) in [6, 6.07) is 17.3. The lowest BCUT2D eigenvalue weighted by Gasteiger charge is -2.13. The fraction of sp³-hybridized carbons (Fsp3) is 0.143. The predicted octanol–water partition coefficient (Wildman–Crippen LogP) is 4.60. The van der Waals surface area contributed by atoms with Crippen molar-refractivity contribution in [3.63, 3.8) is 0 Å². The van der Waals surface area contributed by atoms with Crippen molar-refractivity contribution in [2.75, 3.05) is 30.9 Å². The van der Waals surface area contributed by atoms with E-state index in [1.54, 1.807) is 24.3 Å². The highest BCUT2D eigenvalue weighted by molar-refractivity contribution is 8.18. The van der Waals surface area contributed by atoms with E-state index in [0.29, 0.717) is 23.0 Å². The fourth-order valence-corrected chi connectivity index (χ4v) is 4.54. The van der Waals surface area contributed by atoms with Crippen LogP contribution in [0.1, 0.15) is 11.1 Å². The van der Waals surface area contributed by atoms with Crippen LogP contribution >= 0.6 is 11.8 Å². The molecule has 1 saturated heterocycles. The Kier molecular flexibility index (Phi) is 8.99. The van der Waals surface area contributed by atoms with E-state index in [9.17, 15) is 29.3 Å². The van der Waals surface area contributed by atoms with Crippen molar-refractivity contribution in [2.45, 2.75) is 6.92 Å². The molecule has 1 fully saturated rings. The Hall–Kier alpha value is -5.17. The summed E-state index contributed by atoms with van der Waals surface area (Å²) < 4.78 is 10.9. The summed E-state index contributed by atoms with van der Waals surface area (Å²) >= 11 is 0.714. The van der Waals surface area contributed by atoms with Crippen LogP contribution < -0.4 is 20.1 Å². The van der Waals surface area contributed by atoms with Crippen molar-refractivity contribution in [3.8, 4) is 11.5 Å². The van der Waals surface area contributed by atoms with Crippen molar-refractivity contribution in [2.24, 2.45) is 0 Å². The van der Waals surface area contributed by atoms with E-state index in [2.05, 4.69) is 10.6 Å². The third-order valence-electron chi connectivity index (χ3n) is 5.70. The average molecular weight is 577 g/mol. The molecule has 0 saturated carbocycles. The average Bonchev–Trinajstić information content (AvgIpc) is 3.20. The van der Waals surface area contributed by atoms with Gasteiger partial charge < -0.3 is 20.1 Å². The molecule has 210 valence electrons. The molecule has 0 aromatic heterocycles. The first kappa shape index (κ1) is 28.8. The minimum absolute atomic E-state index is 0.130. The molecule has 4 rings (SSSR count). The topological polar surface area (TPSA) is 157 Å². The first-order chi connectivity index (χ1) is 19.6. The van der Waals surface area contributed by atoms with Gasteiger partial charge in [0.2, 0.25) is 5.91 Å². The molecule has 0 atom stereocenters.